The van der Waals surface area contributed by atoms with Gasteiger partial charge in [0.05, 0.1) is 0 Å². The number of nitrogens with one attached hydrogen (secondary N) is 1. The highest BCUT2D eigenvalue weighted by molar-refractivity contribution is 5.94. The van der Waals surface area contributed by atoms with Gasteiger partial charge in [0.25, 0.3) is 5.91 Å². The van der Waals surface area contributed by atoms with E-state index in [1.807, 2.05) is 12.1 Å². The van der Waals surface area contributed by atoms with Crippen LogP contribution in [0.2, 0.25) is 0 Å². The molecule has 0 bridgehead atoms. The van der Waals surface area contributed by atoms with Gasteiger partial charge >= 0.3 is 0 Å². The van der Waals surface area contributed by atoms with Crippen molar-refractivity contribution in [1.29, 1.82) is 0 Å². The molecule has 0 aromatic heterocycles. The summed E-state index contributed by atoms with van der Waals surface area (Å²) in [7, 11) is 0. The van der Waals surface area contributed by atoms with E-state index < -0.39 is 0 Å². The summed E-state index contributed by atoms with van der Waals surface area (Å²) in [6, 6.07) is 7.22. The predicted octanol–water partition coefficient (Wildman–Crippen LogP) is 2.20. The van der Waals surface area contributed by atoms with Gasteiger partial charge in [-0.3, -0.25) is 4.79 Å². The normalized spacial score (nSPS) is 17.2. The van der Waals surface area contributed by atoms with Gasteiger partial charge in [-0.2, -0.15) is 0 Å². The molecule has 2 fully saturated rings. The lowest BCUT2D eigenvalue weighted by Crippen LogP contribution is -2.31. The molecule has 3 nitrogen and oxygen atoms in total. The molecule has 3 heteroatoms. The van der Waals surface area contributed by atoms with Crippen molar-refractivity contribution in [3.8, 4) is 11.8 Å². The molecule has 0 heterocycles. The van der Waals surface area contributed by atoms with Crippen molar-refractivity contribution in [2.24, 2.45) is 17.8 Å². The second-order valence-electron chi connectivity index (χ2n) is 6.09. The second kappa shape index (κ2) is 6.32. The number of amides is 1. The molecule has 2 N–H and O–H groups in total. The Morgan fingerprint density at radius 2 is 1.81 bits per heavy atom. The quantitative estimate of drug-likeness (QED) is 0.814. The Morgan fingerprint density at radius 1 is 1.19 bits per heavy atom. The van der Waals surface area contributed by atoms with Gasteiger partial charge < -0.3 is 10.4 Å². The molecule has 0 unspecified atom stereocenters. The van der Waals surface area contributed by atoms with Crippen molar-refractivity contribution in [3.05, 3.63) is 35.4 Å². The summed E-state index contributed by atoms with van der Waals surface area (Å²) >= 11 is 0. The number of aliphatic hydroxyl groups excluding tert-OH is 1. The number of hydrogen-bond donors (Lipinski definition) is 2. The molecule has 2 aliphatic rings. The fourth-order valence-electron chi connectivity index (χ4n) is 2.93. The maximum Gasteiger partial charge on any atom is 0.251 e. The third-order valence-electron chi connectivity index (χ3n) is 4.41. The van der Waals surface area contributed by atoms with E-state index in [1.54, 1.807) is 12.1 Å². The van der Waals surface area contributed by atoms with Gasteiger partial charge in [-0.15, -0.1) is 0 Å². The minimum Gasteiger partial charge on any atom is -0.384 e. The Bertz CT molecular complexity index is 547. The number of carbonyl (C=O) groups is 1. The number of aliphatic hydroxyl groups is 1. The van der Waals surface area contributed by atoms with Crippen LogP contribution in [0.3, 0.4) is 0 Å². The number of carbonyl (C=O) groups excluding carboxylic acids is 1. The summed E-state index contributed by atoms with van der Waals surface area (Å²) < 4.78 is 0. The van der Waals surface area contributed by atoms with Crippen LogP contribution in [0.15, 0.2) is 24.3 Å². The molecular formula is C18H21NO2. The molecule has 2 aliphatic carbocycles. The van der Waals surface area contributed by atoms with Crippen molar-refractivity contribution in [2.75, 3.05) is 13.2 Å². The van der Waals surface area contributed by atoms with Crippen LogP contribution >= 0.6 is 0 Å². The van der Waals surface area contributed by atoms with Gasteiger partial charge in [-0.25, -0.2) is 0 Å². The summed E-state index contributed by atoms with van der Waals surface area (Å²) in [6.45, 7) is 0.673. The molecule has 3 rings (SSSR count). The molecule has 1 amide bonds. The first-order valence-corrected chi connectivity index (χ1v) is 7.76. The Labute approximate surface area is 125 Å². The zero-order chi connectivity index (χ0) is 14.7. The zero-order valence-corrected chi connectivity index (χ0v) is 12.1. The van der Waals surface area contributed by atoms with Crippen molar-refractivity contribution < 1.29 is 9.90 Å². The van der Waals surface area contributed by atoms with E-state index in [4.69, 9.17) is 5.11 Å². The minimum atomic E-state index is -0.147. The third kappa shape index (κ3) is 3.86. The van der Waals surface area contributed by atoms with Crippen LogP contribution in [0.25, 0.3) is 0 Å². The highest BCUT2D eigenvalue weighted by Gasteiger charge is 2.41. The van der Waals surface area contributed by atoms with Crippen molar-refractivity contribution in [1.82, 2.24) is 5.32 Å². The molecule has 2 saturated carbocycles. The average Bonchev–Trinajstić information content (AvgIpc) is 3.38. The summed E-state index contributed by atoms with van der Waals surface area (Å²) in [6.07, 6.45) is 5.37. The summed E-state index contributed by atoms with van der Waals surface area (Å²) in [4.78, 5) is 12.2. The van der Waals surface area contributed by atoms with Crippen LogP contribution in [-0.4, -0.2) is 24.2 Å². The summed E-state index contributed by atoms with van der Waals surface area (Å²) in [5.41, 5.74) is 1.49. The van der Waals surface area contributed by atoms with Gasteiger partial charge in [-0.1, -0.05) is 11.8 Å². The first-order chi connectivity index (χ1) is 10.3. The molecule has 110 valence electrons. The van der Waals surface area contributed by atoms with Gasteiger partial charge in [0.2, 0.25) is 0 Å². The lowest BCUT2D eigenvalue weighted by Gasteiger charge is -2.16. The molecule has 0 radical (unpaired) electrons. The van der Waals surface area contributed by atoms with E-state index in [9.17, 15) is 4.79 Å². The van der Waals surface area contributed by atoms with Gasteiger partial charge in [-0.05, 0) is 67.7 Å². The maximum absolute atomic E-state index is 12.2. The Kier molecular flexibility index (Phi) is 4.26. The molecule has 1 aromatic rings. The molecule has 0 spiro atoms. The van der Waals surface area contributed by atoms with Crippen molar-refractivity contribution in [2.45, 2.75) is 25.7 Å². The van der Waals surface area contributed by atoms with Gasteiger partial charge in [0.1, 0.15) is 6.61 Å². The highest BCUT2D eigenvalue weighted by atomic mass is 16.2. The van der Waals surface area contributed by atoms with Gasteiger partial charge in [0.15, 0.2) is 0 Å². The van der Waals surface area contributed by atoms with Crippen LogP contribution in [0.4, 0.5) is 0 Å². The van der Waals surface area contributed by atoms with E-state index in [0.29, 0.717) is 11.5 Å². The average molecular weight is 283 g/mol. The van der Waals surface area contributed by atoms with E-state index in [-0.39, 0.29) is 12.5 Å². The van der Waals surface area contributed by atoms with E-state index in [2.05, 4.69) is 17.2 Å². The smallest absolute Gasteiger partial charge is 0.251 e. The summed E-state index contributed by atoms with van der Waals surface area (Å²) in [5, 5.41) is 11.7. The maximum atomic E-state index is 12.2. The largest absolute Gasteiger partial charge is 0.384 e. The number of benzene rings is 1. The van der Waals surface area contributed by atoms with Crippen LogP contribution < -0.4 is 5.32 Å². The molecule has 0 atom stereocenters. The second-order valence-corrected chi connectivity index (χ2v) is 6.09. The lowest BCUT2D eigenvalue weighted by molar-refractivity contribution is 0.0943. The standard InChI is InChI=1S/C18H21NO2/c20-11-1-2-13-3-5-16(6-4-13)18(21)19-12-17(14-7-8-14)15-9-10-15/h3-6,14-15,17,20H,7-12H2,(H,19,21). The number of hydrogen-bond acceptors (Lipinski definition) is 2. The topological polar surface area (TPSA) is 49.3 Å². The molecule has 0 aliphatic heterocycles. The fourth-order valence-corrected chi connectivity index (χ4v) is 2.93. The van der Waals surface area contributed by atoms with E-state index >= 15 is 0 Å². The third-order valence-corrected chi connectivity index (χ3v) is 4.41. The molecular weight excluding hydrogens is 262 g/mol. The first kappa shape index (κ1) is 14.2. The van der Waals surface area contributed by atoms with Crippen LogP contribution in [-0.2, 0) is 0 Å². The predicted molar refractivity (Wildman–Crippen MR) is 81.7 cm³/mol. The molecule has 1 aromatic carbocycles. The Morgan fingerprint density at radius 3 is 2.33 bits per heavy atom. The lowest BCUT2D eigenvalue weighted by atomic mass is 9.98. The first-order valence-electron chi connectivity index (χ1n) is 7.76. The van der Waals surface area contributed by atoms with Crippen LogP contribution in [0.5, 0.6) is 0 Å². The number of rotatable bonds is 5. The van der Waals surface area contributed by atoms with Crippen molar-refractivity contribution in [3.63, 3.8) is 0 Å². The zero-order valence-electron chi connectivity index (χ0n) is 12.1. The summed E-state index contributed by atoms with van der Waals surface area (Å²) in [5.74, 6) is 7.83. The van der Waals surface area contributed by atoms with E-state index in [0.717, 1.165) is 23.9 Å². The fraction of sp³-hybridized carbons (Fsp3) is 0.500. The molecule has 21 heavy (non-hydrogen) atoms. The van der Waals surface area contributed by atoms with Gasteiger partial charge in [0, 0.05) is 17.7 Å². The molecule has 0 saturated heterocycles. The van der Waals surface area contributed by atoms with Crippen LogP contribution in [0, 0.1) is 29.6 Å². The highest BCUT2D eigenvalue weighted by Crippen LogP contribution is 2.48. The SMILES string of the molecule is O=C(NCC(C1CC1)C1CC1)c1ccc(C#CCO)cc1. The monoisotopic (exact) mass is 283 g/mol. The van der Waals surface area contributed by atoms with Crippen LogP contribution in [0.1, 0.15) is 41.6 Å². The Balaban J connectivity index is 1.54. The van der Waals surface area contributed by atoms with Crippen molar-refractivity contribution >= 4 is 5.91 Å². The van der Waals surface area contributed by atoms with E-state index in [1.165, 1.54) is 25.7 Å². The Hall–Kier alpha value is -1.79. The minimum absolute atomic E-state index is 0.00275.